The fourth-order valence-electron chi connectivity index (χ4n) is 3.63. The van der Waals surface area contributed by atoms with Crippen molar-refractivity contribution in [1.82, 2.24) is 29.6 Å². The van der Waals surface area contributed by atoms with Crippen LogP contribution in [0.1, 0.15) is 56.9 Å². The average Bonchev–Trinajstić information content (AvgIpc) is 3.17. The molecule has 28 heavy (non-hydrogen) atoms. The molecule has 0 aromatic carbocycles. The van der Waals surface area contributed by atoms with E-state index in [4.69, 9.17) is 4.98 Å². The standard InChI is InChI=1S/C21H30N6O/c1-6-26-20-17(8-7-10-22-20)24-21(26)18(12-14(2)3)23-19(28)9-11-27-16(5)13-15(4)25-27/h7-8,10,13-14,18H,6,9,11-12H2,1-5H3,(H,23,28)/t18-/m1/s1. The topological polar surface area (TPSA) is 77.6 Å². The van der Waals surface area contributed by atoms with Crippen LogP contribution in [-0.2, 0) is 17.9 Å². The van der Waals surface area contributed by atoms with Gasteiger partial charge in [0.25, 0.3) is 0 Å². The molecule has 7 nitrogen and oxygen atoms in total. The number of carbonyl (C=O) groups excluding carboxylic acids is 1. The lowest BCUT2D eigenvalue weighted by Gasteiger charge is -2.21. The van der Waals surface area contributed by atoms with Gasteiger partial charge in [-0.2, -0.15) is 5.10 Å². The van der Waals surface area contributed by atoms with Gasteiger partial charge in [0, 0.05) is 31.4 Å². The summed E-state index contributed by atoms with van der Waals surface area (Å²) in [5.41, 5.74) is 3.78. The molecule has 0 bridgehead atoms. The zero-order valence-electron chi connectivity index (χ0n) is 17.4. The number of aryl methyl sites for hydroxylation is 4. The molecule has 1 atom stereocenters. The molecule has 3 aromatic heterocycles. The number of carbonyl (C=O) groups is 1. The first-order valence-corrected chi connectivity index (χ1v) is 10.0. The summed E-state index contributed by atoms with van der Waals surface area (Å²) in [6, 6.07) is 5.75. The number of rotatable bonds is 8. The van der Waals surface area contributed by atoms with Gasteiger partial charge < -0.3 is 9.88 Å². The minimum Gasteiger partial charge on any atom is -0.346 e. The second-order valence-electron chi connectivity index (χ2n) is 7.71. The number of nitrogens with one attached hydrogen (secondary N) is 1. The van der Waals surface area contributed by atoms with E-state index in [9.17, 15) is 4.79 Å². The van der Waals surface area contributed by atoms with E-state index in [-0.39, 0.29) is 11.9 Å². The lowest BCUT2D eigenvalue weighted by Crippen LogP contribution is -2.32. The van der Waals surface area contributed by atoms with Gasteiger partial charge in [-0.1, -0.05) is 13.8 Å². The first-order valence-electron chi connectivity index (χ1n) is 10.0. The van der Waals surface area contributed by atoms with E-state index in [1.807, 2.05) is 36.7 Å². The maximum absolute atomic E-state index is 12.7. The Morgan fingerprint density at radius 3 is 2.71 bits per heavy atom. The van der Waals surface area contributed by atoms with Crippen LogP contribution >= 0.6 is 0 Å². The van der Waals surface area contributed by atoms with Gasteiger partial charge in [0.1, 0.15) is 11.3 Å². The molecule has 0 fully saturated rings. The van der Waals surface area contributed by atoms with Crippen LogP contribution in [-0.4, -0.2) is 30.2 Å². The Balaban J connectivity index is 1.79. The molecule has 1 amide bonds. The number of nitrogens with zero attached hydrogens (tertiary/aromatic N) is 5. The molecule has 3 heterocycles. The Hall–Kier alpha value is -2.70. The maximum atomic E-state index is 12.7. The van der Waals surface area contributed by atoms with E-state index >= 15 is 0 Å². The van der Waals surface area contributed by atoms with Crippen molar-refractivity contribution in [3.63, 3.8) is 0 Å². The highest BCUT2D eigenvalue weighted by atomic mass is 16.1. The third-order valence-corrected chi connectivity index (χ3v) is 4.86. The quantitative estimate of drug-likeness (QED) is 0.646. The minimum absolute atomic E-state index is 0.0147. The summed E-state index contributed by atoms with van der Waals surface area (Å²) in [7, 11) is 0. The third-order valence-electron chi connectivity index (χ3n) is 4.86. The number of amides is 1. The van der Waals surface area contributed by atoms with Crippen molar-refractivity contribution in [3.8, 4) is 0 Å². The van der Waals surface area contributed by atoms with Crippen molar-refractivity contribution < 1.29 is 4.79 Å². The van der Waals surface area contributed by atoms with E-state index in [1.54, 1.807) is 6.20 Å². The highest BCUT2D eigenvalue weighted by molar-refractivity contribution is 5.77. The second kappa shape index (κ2) is 8.54. The highest BCUT2D eigenvalue weighted by Gasteiger charge is 2.23. The Labute approximate surface area is 166 Å². The third kappa shape index (κ3) is 4.40. The van der Waals surface area contributed by atoms with Crippen LogP contribution in [0.5, 0.6) is 0 Å². The van der Waals surface area contributed by atoms with E-state index in [0.29, 0.717) is 18.9 Å². The molecular weight excluding hydrogens is 352 g/mol. The lowest BCUT2D eigenvalue weighted by atomic mass is 10.0. The Morgan fingerprint density at radius 2 is 2.07 bits per heavy atom. The summed E-state index contributed by atoms with van der Waals surface area (Å²) in [6.07, 6.45) is 3.00. The molecule has 1 N–H and O–H groups in total. The van der Waals surface area contributed by atoms with Gasteiger partial charge in [0.15, 0.2) is 5.65 Å². The molecular formula is C21H30N6O. The van der Waals surface area contributed by atoms with E-state index in [2.05, 4.69) is 40.7 Å². The number of hydrogen-bond donors (Lipinski definition) is 1. The first kappa shape index (κ1) is 20.0. The SMILES string of the molecule is CCn1c([C@@H](CC(C)C)NC(=O)CCn2nc(C)cc2C)nc2cccnc21. The molecule has 0 unspecified atom stereocenters. The molecule has 0 aliphatic heterocycles. The zero-order chi connectivity index (χ0) is 20.3. The maximum Gasteiger partial charge on any atom is 0.222 e. The molecule has 0 radical (unpaired) electrons. The lowest BCUT2D eigenvalue weighted by molar-refractivity contribution is -0.122. The predicted molar refractivity (Wildman–Crippen MR) is 110 cm³/mol. The van der Waals surface area contributed by atoms with Crippen LogP contribution < -0.4 is 5.32 Å². The van der Waals surface area contributed by atoms with Gasteiger partial charge in [0.2, 0.25) is 5.91 Å². The van der Waals surface area contributed by atoms with Crippen molar-refractivity contribution >= 4 is 17.1 Å². The van der Waals surface area contributed by atoms with Crippen molar-refractivity contribution in [2.24, 2.45) is 5.92 Å². The van der Waals surface area contributed by atoms with Gasteiger partial charge >= 0.3 is 0 Å². The molecule has 0 saturated heterocycles. The van der Waals surface area contributed by atoms with Crippen LogP contribution in [0.25, 0.3) is 11.2 Å². The largest absolute Gasteiger partial charge is 0.346 e. The number of hydrogen-bond acceptors (Lipinski definition) is 4. The van der Waals surface area contributed by atoms with Crippen molar-refractivity contribution in [1.29, 1.82) is 0 Å². The Kier molecular flexibility index (Phi) is 6.11. The van der Waals surface area contributed by atoms with Crippen molar-refractivity contribution in [3.05, 3.63) is 41.6 Å². The smallest absolute Gasteiger partial charge is 0.222 e. The molecule has 7 heteroatoms. The molecule has 0 spiro atoms. The summed E-state index contributed by atoms with van der Waals surface area (Å²) in [5, 5.41) is 7.64. The molecule has 0 aliphatic rings. The average molecular weight is 383 g/mol. The van der Waals surface area contributed by atoms with Gasteiger partial charge in [-0.25, -0.2) is 9.97 Å². The predicted octanol–water partition coefficient (Wildman–Crippen LogP) is 3.56. The van der Waals surface area contributed by atoms with Gasteiger partial charge in [-0.15, -0.1) is 0 Å². The zero-order valence-corrected chi connectivity index (χ0v) is 17.4. The minimum atomic E-state index is -0.137. The number of aromatic nitrogens is 5. The van der Waals surface area contributed by atoms with E-state index < -0.39 is 0 Å². The number of imidazole rings is 1. The fraction of sp³-hybridized carbons (Fsp3) is 0.524. The van der Waals surface area contributed by atoms with Gasteiger partial charge in [0.05, 0.1) is 11.7 Å². The van der Waals surface area contributed by atoms with Crippen LogP contribution in [0.3, 0.4) is 0 Å². The van der Waals surface area contributed by atoms with E-state index in [1.165, 1.54) is 0 Å². The van der Waals surface area contributed by atoms with Crippen LogP contribution in [0.15, 0.2) is 24.4 Å². The normalized spacial score (nSPS) is 12.6. The molecule has 150 valence electrons. The van der Waals surface area contributed by atoms with Crippen LogP contribution in [0.2, 0.25) is 0 Å². The van der Waals surface area contributed by atoms with E-state index in [0.717, 1.165) is 41.3 Å². The summed E-state index contributed by atoms with van der Waals surface area (Å²) in [5.74, 6) is 1.32. The van der Waals surface area contributed by atoms with Crippen molar-refractivity contribution in [2.75, 3.05) is 0 Å². The summed E-state index contributed by atoms with van der Waals surface area (Å²) < 4.78 is 3.99. The summed E-state index contributed by atoms with van der Waals surface area (Å²) in [6.45, 7) is 11.7. The summed E-state index contributed by atoms with van der Waals surface area (Å²) in [4.78, 5) is 22.0. The molecule has 0 saturated carbocycles. The highest BCUT2D eigenvalue weighted by Crippen LogP contribution is 2.24. The van der Waals surface area contributed by atoms with Gasteiger partial charge in [-0.3, -0.25) is 9.48 Å². The summed E-state index contributed by atoms with van der Waals surface area (Å²) >= 11 is 0. The van der Waals surface area contributed by atoms with Crippen LogP contribution in [0, 0.1) is 19.8 Å². The molecule has 3 aromatic rings. The van der Waals surface area contributed by atoms with Crippen molar-refractivity contribution in [2.45, 2.75) is 66.6 Å². The molecule has 3 rings (SSSR count). The fourth-order valence-corrected chi connectivity index (χ4v) is 3.63. The second-order valence-corrected chi connectivity index (χ2v) is 7.71. The number of fused-ring (bicyclic) bond motifs is 1. The first-order chi connectivity index (χ1) is 13.4. The molecule has 0 aliphatic carbocycles. The Bertz CT molecular complexity index is 955. The Morgan fingerprint density at radius 1 is 1.29 bits per heavy atom. The monoisotopic (exact) mass is 382 g/mol. The van der Waals surface area contributed by atoms with Gasteiger partial charge in [-0.05, 0) is 51.3 Å². The number of pyridine rings is 1. The van der Waals surface area contributed by atoms with Crippen LogP contribution in [0.4, 0.5) is 0 Å².